The maximum absolute atomic E-state index is 4.34. The second-order valence-electron chi connectivity index (χ2n) is 4.99. The van der Waals surface area contributed by atoms with Crippen molar-refractivity contribution in [2.75, 3.05) is 0 Å². The summed E-state index contributed by atoms with van der Waals surface area (Å²) < 4.78 is 2.74. The van der Waals surface area contributed by atoms with E-state index < -0.39 is 0 Å². The molecular formula is C18H12BrN3. The normalized spacial score (nSPS) is 11.0. The van der Waals surface area contributed by atoms with Gasteiger partial charge in [-0.1, -0.05) is 66.7 Å². The molecule has 0 N–H and O–H groups in total. The van der Waals surface area contributed by atoms with Gasteiger partial charge >= 0.3 is 0 Å². The summed E-state index contributed by atoms with van der Waals surface area (Å²) in [6.07, 6.45) is 0. The molecule has 0 fully saturated rings. The molecule has 4 rings (SSSR count). The number of hydrogen-bond acceptors (Lipinski definition) is 2. The number of aromatic nitrogens is 3. The zero-order valence-electron chi connectivity index (χ0n) is 11.6. The van der Waals surface area contributed by atoms with Crippen LogP contribution in [0, 0.1) is 0 Å². The van der Waals surface area contributed by atoms with Gasteiger partial charge < -0.3 is 0 Å². The van der Waals surface area contributed by atoms with Gasteiger partial charge in [-0.3, -0.25) is 4.57 Å². The molecular weight excluding hydrogens is 338 g/mol. The van der Waals surface area contributed by atoms with E-state index in [0.29, 0.717) is 4.73 Å². The van der Waals surface area contributed by atoms with E-state index in [1.165, 1.54) is 10.8 Å². The quantitative estimate of drug-likeness (QED) is 0.517. The first kappa shape index (κ1) is 13.2. The highest BCUT2D eigenvalue weighted by Gasteiger charge is 2.15. The van der Waals surface area contributed by atoms with Crippen molar-refractivity contribution in [3.8, 4) is 17.1 Å². The predicted molar refractivity (Wildman–Crippen MR) is 92.0 cm³/mol. The Bertz CT molecular complexity index is 940. The lowest BCUT2D eigenvalue weighted by Crippen LogP contribution is -1.99. The summed E-state index contributed by atoms with van der Waals surface area (Å²) in [4.78, 5) is 0. The maximum atomic E-state index is 4.34. The summed E-state index contributed by atoms with van der Waals surface area (Å²) in [5.74, 6) is 0.823. The van der Waals surface area contributed by atoms with E-state index in [0.717, 1.165) is 17.1 Å². The Kier molecular flexibility index (Phi) is 3.24. The molecule has 0 radical (unpaired) electrons. The van der Waals surface area contributed by atoms with Gasteiger partial charge in [-0.2, -0.15) is 0 Å². The SMILES string of the molecule is Brc1nnc(-c2ccccc2)n1-c1cccc2ccccc12. The molecule has 0 unspecified atom stereocenters. The van der Waals surface area contributed by atoms with Crippen LogP contribution in [0.4, 0.5) is 0 Å². The van der Waals surface area contributed by atoms with E-state index in [1.54, 1.807) is 0 Å². The summed E-state index contributed by atoms with van der Waals surface area (Å²) in [7, 11) is 0. The van der Waals surface area contributed by atoms with E-state index in [-0.39, 0.29) is 0 Å². The Morgan fingerprint density at radius 3 is 2.32 bits per heavy atom. The fraction of sp³-hybridized carbons (Fsp3) is 0. The van der Waals surface area contributed by atoms with Gasteiger partial charge in [0.05, 0.1) is 5.69 Å². The van der Waals surface area contributed by atoms with Crippen LogP contribution < -0.4 is 0 Å². The molecule has 0 atom stereocenters. The van der Waals surface area contributed by atoms with Gasteiger partial charge in [0, 0.05) is 10.9 Å². The monoisotopic (exact) mass is 349 g/mol. The van der Waals surface area contributed by atoms with Gasteiger partial charge in [0.1, 0.15) is 0 Å². The molecule has 1 aromatic heterocycles. The molecule has 1 heterocycles. The summed E-state index contributed by atoms with van der Waals surface area (Å²) in [6, 6.07) is 24.7. The van der Waals surface area contributed by atoms with Crippen LogP contribution in [0.25, 0.3) is 27.8 Å². The minimum absolute atomic E-state index is 0.697. The molecule has 0 spiro atoms. The number of fused-ring (bicyclic) bond motifs is 1. The van der Waals surface area contributed by atoms with Gasteiger partial charge in [-0.15, -0.1) is 10.2 Å². The second kappa shape index (κ2) is 5.39. The van der Waals surface area contributed by atoms with Crippen LogP contribution in [0.3, 0.4) is 0 Å². The molecule has 0 saturated carbocycles. The van der Waals surface area contributed by atoms with Crippen molar-refractivity contribution in [1.29, 1.82) is 0 Å². The molecule has 22 heavy (non-hydrogen) atoms. The van der Waals surface area contributed by atoms with E-state index in [4.69, 9.17) is 0 Å². The Balaban J connectivity index is 2.02. The van der Waals surface area contributed by atoms with Crippen LogP contribution in [0.5, 0.6) is 0 Å². The first-order chi connectivity index (χ1) is 10.8. The van der Waals surface area contributed by atoms with E-state index in [1.807, 2.05) is 47.0 Å². The van der Waals surface area contributed by atoms with E-state index in [2.05, 4.69) is 56.5 Å². The molecule has 0 aliphatic heterocycles. The minimum atomic E-state index is 0.697. The van der Waals surface area contributed by atoms with E-state index in [9.17, 15) is 0 Å². The van der Waals surface area contributed by atoms with Gasteiger partial charge in [0.25, 0.3) is 0 Å². The summed E-state index contributed by atoms with van der Waals surface area (Å²) in [6.45, 7) is 0. The van der Waals surface area contributed by atoms with Crippen LogP contribution in [-0.2, 0) is 0 Å². The summed E-state index contributed by atoms with van der Waals surface area (Å²) >= 11 is 3.53. The zero-order valence-corrected chi connectivity index (χ0v) is 13.2. The van der Waals surface area contributed by atoms with Crippen molar-refractivity contribution < 1.29 is 0 Å². The topological polar surface area (TPSA) is 30.7 Å². The lowest BCUT2D eigenvalue weighted by Gasteiger charge is -2.11. The molecule has 3 nitrogen and oxygen atoms in total. The highest BCUT2D eigenvalue weighted by atomic mass is 79.9. The Morgan fingerprint density at radius 2 is 1.45 bits per heavy atom. The molecule has 3 aromatic carbocycles. The first-order valence-electron chi connectivity index (χ1n) is 6.99. The van der Waals surface area contributed by atoms with Gasteiger partial charge in [-0.05, 0) is 27.4 Å². The van der Waals surface area contributed by atoms with Crippen molar-refractivity contribution in [3.63, 3.8) is 0 Å². The fourth-order valence-corrected chi connectivity index (χ4v) is 3.09. The van der Waals surface area contributed by atoms with Crippen LogP contribution in [0.15, 0.2) is 77.5 Å². The molecule has 4 aromatic rings. The lowest BCUT2D eigenvalue weighted by atomic mass is 10.1. The average Bonchev–Trinajstić information content (AvgIpc) is 2.96. The summed E-state index contributed by atoms with van der Waals surface area (Å²) in [5, 5.41) is 10.9. The molecule has 0 amide bonds. The molecule has 4 heteroatoms. The minimum Gasteiger partial charge on any atom is -0.269 e. The zero-order chi connectivity index (χ0) is 14.9. The molecule has 0 bridgehead atoms. The number of benzene rings is 3. The predicted octanol–water partition coefficient (Wildman–Crippen LogP) is 4.85. The number of halogens is 1. The first-order valence-corrected chi connectivity index (χ1v) is 7.78. The molecule has 0 saturated heterocycles. The van der Waals surface area contributed by atoms with Crippen LogP contribution in [-0.4, -0.2) is 14.8 Å². The third kappa shape index (κ3) is 2.12. The van der Waals surface area contributed by atoms with Crippen molar-refractivity contribution in [3.05, 3.63) is 77.5 Å². The molecule has 0 aliphatic carbocycles. The lowest BCUT2D eigenvalue weighted by molar-refractivity contribution is 1.02. The third-order valence-corrected chi connectivity index (χ3v) is 4.18. The van der Waals surface area contributed by atoms with Crippen molar-refractivity contribution in [2.24, 2.45) is 0 Å². The number of rotatable bonds is 2. The standard InChI is InChI=1S/C18H12BrN3/c19-18-21-20-17(14-8-2-1-3-9-14)22(18)16-12-6-10-13-7-4-5-11-15(13)16/h1-12H. The van der Waals surface area contributed by atoms with Crippen LogP contribution in [0.2, 0.25) is 0 Å². The average molecular weight is 350 g/mol. The van der Waals surface area contributed by atoms with Gasteiger partial charge in [-0.25, -0.2) is 0 Å². The van der Waals surface area contributed by atoms with Crippen molar-refractivity contribution in [1.82, 2.24) is 14.8 Å². The Labute approximate surface area is 136 Å². The van der Waals surface area contributed by atoms with Crippen LogP contribution in [0.1, 0.15) is 0 Å². The highest BCUT2D eigenvalue weighted by molar-refractivity contribution is 9.10. The Hall–Kier alpha value is -2.46. The van der Waals surface area contributed by atoms with E-state index >= 15 is 0 Å². The van der Waals surface area contributed by atoms with Crippen molar-refractivity contribution >= 4 is 26.7 Å². The van der Waals surface area contributed by atoms with Crippen molar-refractivity contribution in [2.45, 2.75) is 0 Å². The molecule has 106 valence electrons. The van der Waals surface area contributed by atoms with Gasteiger partial charge in [0.15, 0.2) is 5.82 Å². The fourth-order valence-electron chi connectivity index (χ4n) is 2.66. The largest absolute Gasteiger partial charge is 0.269 e. The second-order valence-corrected chi connectivity index (χ2v) is 5.70. The summed E-state index contributed by atoms with van der Waals surface area (Å²) in [5.41, 5.74) is 2.10. The Morgan fingerprint density at radius 1 is 0.727 bits per heavy atom. The molecule has 0 aliphatic rings. The van der Waals surface area contributed by atoms with Gasteiger partial charge in [0.2, 0.25) is 4.73 Å². The maximum Gasteiger partial charge on any atom is 0.205 e. The number of nitrogens with zero attached hydrogens (tertiary/aromatic N) is 3. The third-order valence-electron chi connectivity index (χ3n) is 3.66. The van der Waals surface area contributed by atoms with Crippen LogP contribution >= 0.6 is 15.9 Å². The number of hydrogen-bond donors (Lipinski definition) is 0. The highest BCUT2D eigenvalue weighted by Crippen LogP contribution is 2.29. The smallest absolute Gasteiger partial charge is 0.205 e.